The van der Waals surface area contributed by atoms with Gasteiger partial charge in [0.15, 0.2) is 0 Å². The van der Waals surface area contributed by atoms with Crippen LogP contribution < -0.4 is 5.73 Å². The van der Waals surface area contributed by atoms with E-state index in [1.54, 1.807) is 11.9 Å². The molecule has 2 aromatic carbocycles. The number of hydrogen-bond donors (Lipinski definition) is 1. The molecule has 0 aliphatic rings. The number of hydrogen-bond acceptors (Lipinski definition) is 2. The van der Waals surface area contributed by atoms with Crippen molar-refractivity contribution in [3.63, 3.8) is 0 Å². The van der Waals surface area contributed by atoms with Crippen LogP contribution in [0.2, 0.25) is 0 Å². The molecule has 3 heteroatoms. The maximum Gasteiger partial charge on any atom is 0.253 e. The molecule has 0 radical (unpaired) electrons. The molecule has 2 aromatic rings. The van der Waals surface area contributed by atoms with Crippen LogP contribution in [0.5, 0.6) is 0 Å². The Morgan fingerprint density at radius 1 is 1.22 bits per heavy atom. The lowest BCUT2D eigenvalue weighted by Crippen LogP contribution is -2.36. The third-order valence-corrected chi connectivity index (χ3v) is 2.90. The summed E-state index contributed by atoms with van der Waals surface area (Å²) in [5, 5.41) is 2.22. The molecule has 0 aliphatic carbocycles. The summed E-state index contributed by atoms with van der Waals surface area (Å²) in [4.78, 5) is 13.9. The molecule has 0 heterocycles. The first-order valence-corrected chi connectivity index (χ1v) is 6.08. The first-order valence-electron chi connectivity index (χ1n) is 6.08. The lowest BCUT2D eigenvalue weighted by molar-refractivity contribution is 0.0789. The van der Waals surface area contributed by atoms with E-state index in [0.717, 1.165) is 10.8 Å². The van der Waals surface area contributed by atoms with Gasteiger partial charge in [-0.25, -0.2) is 0 Å². The van der Waals surface area contributed by atoms with Crippen molar-refractivity contribution < 1.29 is 4.79 Å². The Bertz CT molecular complexity index is 563. The summed E-state index contributed by atoms with van der Waals surface area (Å²) in [6.07, 6.45) is 0. The molecule has 0 aliphatic heterocycles. The van der Waals surface area contributed by atoms with Gasteiger partial charge in [0.25, 0.3) is 5.91 Å². The highest BCUT2D eigenvalue weighted by atomic mass is 16.2. The number of benzene rings is 2. The normalized spacial score (nSPS) is 12.4. The highest BCUT2D eigenvalue weighted by molar-refractivity contribution is 5.98. The van der Waals surface area contributed by atoms with E-state index in [0.29, 0.717) is 12.1 Å². The third-order valence-electron chi connectivity index (χ3n) is 2.90. The predicted octanol–water partition coefficient (Wildman–Crippen LogP) is 2.26. The van der Waals surface area contributed by atoms with Crippen molar-refractivity contribution in [2.45, 2.75) is 13.0 Å². The minimum absolute atomic E-state index is 0.0121. The third kappa shape index (κ3) is 2.68. The van der Waals surface area contributed by atoms with Gasteiger partial charge in [0.05, 0.1) is 0 Å². The van der Waals surface area contributed by atoms with Crippen molar-refractivity contribution in [1.29, 1.82) is 0 Å². The lowest BCUT2D eigenvalue weighted by Gasteiger charge is -2.19. The smallest absolute Gasteiger partial charge is 0.253 e. The fraction of sp³-hybridized carbons (Fsp3) is 0.267. The Hall–Kier alpha value is -1.87. The zero-order chi connectivity index (χ0) is 13.1. The zero-order valence-electron chi connectivity index (χ0n) is 10.8. The Kier molecular flexibility index (Phi) is 3.63. The predicted molar refractivity (Wildman–Crippen MR) is 74.6 cm³/mol. The van der Waals surface area contributed by atoms with Gasteiger partial charge in [-0.05, 0) is 29.8 Å². The van der Waals surface area contributed by atoms with Crippen molar-refractivity contribution in [2.24, 2.45) is 5.73 Å². The molecule has 0 fully saturated rings. The molecule has 3 nitrogen and oxygen atoms in total. The number of likely N-dealkylation sites (N-methyl/N-ethyl adjacent to an activating group) is 1. The molecule has 0 saturated heterocycles. The molecule has 0 saturated carbocycles. The van der Waals surface area contributed by atoms with Gasteiger partial charge >= 0.3 is 0 Å². The minimum atomic E-state index is -0.0144. The van der Waals surface area contributed by atoms with Crippen LogP contribution in [0, 0.1) is 0 Å². The van der Waals surface area contributed by atoms with Crippen molar-refractivity contribution in [3.05, 3.63) is 48.0 Å². The summed E-state index contributed by atoms with van der Waals surface area (Å²) in [5.41, 5.74) is 6.41. The first-order chi connectivity index (χ1) is 8.58. The molecular formula is C15H18N2O. The lowest BCUT2D eigenvalue weighted by atomic mass is 10.1. The van der Waals surface area contributed by atoms with Gasteiger partial charge in [0, 0.05) is 25.2 Å². The van der Waals surface area contributed by atoms with Crippen LogP contribution in [0.25, 0.3) is 10.8 Å². The van der Waals surface area contributed by atoms with E-state index in [2.05, 4.69) is 0 Å². The second-order valence-electron chi connectivity index (χ2n) is 4.72. The van der Waals surface area contributed by atoms with E-state index in [1.807, 2.05) is 49.4 Å². The fourth-order valence-corrected chi connectivity index (χ4v) is 2.06. The van der Waals surface area contributed by atoms with Crippen molar-refractivity contribution in [3.8, 4) is 0 Å². The largest absolute Gasteiger partial charge is 0.340 e. The van der Waals surface area contributed by atoms with E-state index in [9.17, 15) is 4.79 Å². The second kappa shape index (κ2) is 5.19. The summed E-state index contributed by atoms with van der Waals surface area (Å²) in [6, 6.07) is 13.8. The number of fused-ring (bicyclic) bond motifs is 1. The average molecular weight is 242 g/mol. The Labute approximate surface area is 107 Å². The number of rotatable bonds is 3. The molecule has 1 atom stereocenters. The van der Waals surface area contributed by atoms with Gasteiger partial charge in [0.1, 0.15) is 0 Å². The molecule has 1 amide bonds. The van der Waals surface area contributed by atoms with Gasteiger partial charge in [-0.1, -0.05) is 30.3 Å². The van der Waals surface area contributed by atoms with E-state index in [-0.39, 0.29) is 11.9 Å². The van der Waals surface area contributed by atoms with Crippen LogP contribution in [0.1, 0.15) is 17.3 Å². The summed E-state index contributed by atoms with van der Waals surface area (Å²) in [7, 11) is 1.78. The number of nitrogens with two attached hydrogens (primary N) is 1. The Morgan fingerprint density at radius 3 is 2.56 bits per heavy atom. The molecule has 0 bridgehead atoms. The maximum atomic E-state index is 12.2. The van der Waals surface area contributed by atoms with Crippen molar-refractivity contribution >= 4 is 16.7 Å². The SMILES string of the molecule is CC(N)CN(C)C(=O)c1ccc2ccccc2c1. The van der Waals surface area contributed by atoms with E-state index in [1.165, 1.54) is 0 Å². The molecule has 0 spiro atoms. The molecule has 18 heavy (non-hydrogen) atoms. The molecule has 94 valence electrons. The van der Waals surface area contributed by atoms with Gasteiger partial charge in [-0.2, -0.15) is 0 Å². The van der Waals surface area contributed by atoms with Gasteiger partial charge < -0.3 is 10.6 Å². The van der Waals surface area contributed by atoms with E-state index in [4.69, 9.17) is 5.73 Å². The summed E-state index contributed by atoms with van der Waals surface area (Å²) >= 11 is 0. The molecule has 0 aromatic heterocycles. The highest BCUT2D eigenvalue weighted by Crippen LogP contribution is 2.16. The van der Waals surface area contributed by atoms with Gasteiger partial charge in [-0.15, -0.1) is 0 Å². The standard InChI is InChI=1S/C15H18N2O/c1-11(16)10-17(2)15(18)14-8-7-12-5-3-4-6-13(12)9-14/h3-9,11H,10,16H2,1-2H3. The Balaban J connectivity index is 2.28. The van der Waals surface area contributed by atoms with Crippen LogP contribution in [0.15, 0.2) is 42.5 Å². The molecular weight excluding hydrogens is 224 g/mol. The van der Waals surface area contributed by atoms with Crippen LogP contribution in [0.3, 0.4) is 0 Å². The quantitative estimate of drug-likeness (QED) is 0.897. The maximum absolute atomic E-state index is 12.2. The summed E-state index contributed by atoms with van der Waals surface area (Å²) < 4.78 is 0. The fourth-order valence-electron chi connectivity index (χ4n) is 2.06. The number of nitrogens with zero attached hydrogens (tertiary/aromatic N) is 1. The van der Waals surface area contributed by atoms with Crippen LogP contribution >= 0.6 is 0 Å². The van der Waals surface area contributed by atoms with Gasteiger partial charge in [0.2, 0.25) is 0 Å². The Morgan fingerprint density at radius 2 is 1.89 bits per heavy atom. The first kappa shape index (κ1) is 12.6. The van der Waals surface area contributed by atoms with Crippen LogP contribution in [-0.2, 0) is 0 Å². The monoisotopic (exact) mass is 242 g/mol. The summed E-state index contributed by atoms with van der Waals surface area (Å²) in [6.45, 7) is 2.45. The highest BCUT2D eigenvalue weighted by Gasteiger charge is 2.12. The van der Waals surface area contributed by atoms with Gasteiger partial charge in [-0.3, -0.25) is 4.79 Å². The van der Waals surface area contributed by atoms with E-state index >= 15 is 0 Å². The van der Waals surface area contributed by atoms with Crippen LogP contribution in [0.4, 0.5) is 0 Å². The molecule has 2 rings (SSSR count). The zero-order valence-corrected chi connectivity index (χ0v) is 10.8. The van der Waals surface area contributed by atoms with Crippen LogP contribution in [-0.4, -0.2) is 30.4 Å². The number of amides is 1. The average Bonchev–Trinajstić information content (AvgIpc) is 2.36. The second-order valence-corrected chi connectivity index (χ2v) is 4.72. The molecule has 1 unspecified atom stereocenters. The van der Waals surface area contributed by atoms with Crippen molar-refractivity contribution in [1.82, 2.24) is 4.90 Å². The van der Waals surface area contributed by atoms with Crippen molar-refractivity contribution in [2.75, 3.05) is 13.6 Å². The minimum Gasteiger partial charge on any atom is -0.340 e. The number of carbonyl (C=O) groups is 1. The number of carbonyl (C=O) groups excluding carboxylic acids is 1. The summed E-state index contributed by atoms with van der Waals surface area (Å²) in [5.74, 6) is 0.0121. The molecule has 2 N–H and O–H groups in total. The van der Waals surface area contributed by atoms with E-state index < -0.39 is 0 Å². The topological polar surface area (TPSA) is 46.3 Å².